The van der Waals surface area contributed by atoms with Gasteiger partial charge in [0, 0.05) is 31.2 Å². The number of benzene rings is 1. The summed E-state index contributed by atoms with van der Waals surface area (Å²) in [5.41, 5.74) is 1.89. The first kappa shape index (κ1) is 13.9. The van der Waals surface area contributed by atoms with Crippen molar-refractivity contribution in [2.45, 2.75) is 20.0 Å². The zero-order valence-corrected chi connectivity index (χ0v) is 11.9. The van der Waals surface area contributed by atoms with Crippen molar-refractivity contribution in [1.82, 2.24) is 14.5 Å². The van der Waals surface area contributed by atoms with E-state index < -0.39 is 0 Å². The zero-order valence-electron chi connectivity index (χ0n) is 11.1. The van der Waals surface area contributed by atoms with Gasteiger partial charge in [-0.3, -0.25) is 4.90 Å². The molecule has 2 aromatic rings. The van der Waals surface area contributed by atoms with Crippen LogP contribution >= 0.6 is 11.5 Å². The zero-order chi connectivity index (χ0) is 13.7. The minimum Gasteiger partial charge on any atom is -0.374 e. The molecule has 0 spiro atoms. The fraction of sp³-hybridized carbons (Fsp3) is 0.385. The van der Waals surface area contributed by atoms with Crippen LogP contribution in [0.3, 0.4) is 0 Å². The maximum absolute atomic E-state index is 13.1. The number of nitrogens with zero attached hydrogens (tertiary/aromatic N) is 3. The molecule has 19 heavy (non-hydrogen) atoms. The molecule has 0 amide bonds. The first-order valence-corrected chi connectivity index (χ1v) is 6.94. The van der Waals surface area contributed by atoms with E-state index in [1.165, 1.54) is 17.6 Å². The summed E-state index contributed by atoms with van der Waals surface area (Å²) < 4.78 is 17.1. The van der Waals surface area contributed by atoms with Crippen LogP contribution < -0.4 is 5.32 Å². The Bertz CT molecular complexity index is 529. The Morgan fingerprint density at radius 2 is 2.21 bits per heavy atom. The van der Waals surface area contributed by atoms with E-state index in [1.807, 2.05) is 20.0 Å². The molecule has 0 aliphatic carbocycles. The van der Waals surface area contributed by atoms with Gasteiger partial charge < -0.3 is 5.32 Å². The predicted octanol–water partition coefficient (Wildman–Crippen LogP) is 2.74. The van der Waals surface area contributed by atoms with Crippen LogP contribution in [0.4, 0.5) is 9.39 Å². The lowest BCUT2D eigenvalue weighted by atomic mass is 10.2. The van der Waals surface area contributed by atoms with Crippen molar-refractivity contribution in [2.24, 2.45) is 0 Å². The van der Waals surface area contributed by atoms with Gasteiger partial charge in [0.2, 0.25) is 0 Å². The van der Waals surface area contributed by atoms with Crippen molar-refractivity contribution in [3.05, 3.63) is 41.3 Å². The van der Waals surface area contributed by atoms with Crippen molar-refractivity contribution in [3.63, 3.8) is 0 Å². The molecule has 0 saturated carbocycles. The van der Waals surface area contributed by atoms with Crippen molar-refractivity contribution < 1.29 is 4.39 Å². The molecule has 1 heterocycles. The number of halogens is 1. The fourth-order valence-electron chi connectivity index (χ4n) is 1.87. The van der Waals surface area contributed by atoms with Gasteiger partial charge >= 0.3 is 0 Å². The number of hydrogen-bond acceptors (Lipinski definition) is 5. The van der Waals surface area contributed by atoms with Crippen molar-refractivity contribution in [1.29, 1.82) is 0 Å². The molecule has 0 fully saturated rings. The van der Waals surface area contributed by atoms with E-state index in [0.717, 1.165) is 22.8 Å². The van der Waals surface area contributed by atoms with E-state index in [1.54, 1.807) is 12.1 Å². The highest BCUT2D eigenvalue weighted by molar-refractivity contribution is 7.10. The summed E-state index contributed by atoms with van der Waals surface area (Å²) in [6, 6.07) is 6.66. The van der Waals surface area contributed by atoms with E-state index in [-0.39, 0.29) is 5.82 Å². The number of anilines is 1. The SMILES string of the molecule is CCNc1snnc1CN(C)Cc1cccc(F)c1. The van der Waals surface area contributed by atoms with Gasteiger partial charge in [-0.05, 0) is 31.7 Å². The second-order valence-corrected chi connectivity index (χ2v) is 5.14. The summed E-state index contributed by atoms with van der Waals surface area (Å²) in [4.78, 5) is 2.09. The average molecular weight is 280 g/mol. The lowest BCUT2D eigenvalue weighted by molar-refractivity contribution is 0.315. The molecule has 1 N–H and O–H groups in total. The third-order valence-corrected chi connectivity index (χ3v) is 3.38. The highest BCUT2D eigenvalue weighted by Gasteiger charge is 2.10. The highest BCUT2D eigenvalue weighted by Crippen LogP contribution is 2.19. The molecule has 1 aromatic carbocycles. The maximum atomic E-state index is 13.1. The summed E-state index contributed by atoms with van der Waals surface area (Å²) in [5, 5.41) is 8.37. The Morgan fingerprint density at radius 3 is 2.95 bits per heavy atom. The Kier molecular flexibility index (Phi) is 4.81. The number of hydrogen-bond donors (Lipinski definition) is 1. The third kappa shape index (κ3) is 3.97. The molecule has 0 atom stereocenters. The normalized spacial score (nSPS) is 10.9. The Balaban J connectivity index is 1.97. The lowest BCUT2D eigenvalue weighted by Gasteiger charge is -2.16. The molecule has 2 rings (SSSR count). The summed E-state index contributed by atoms with van der Waals surface area (Å²) in [6.07, 6.45) is 0. The van der Waals surface area contributed by atoms with Gasteiger partial charge in [-0.1, -0.05) is 16.6 Å². The standard InChI is InChI=1S/C13H17FN4S/c1-3-15-13-12(16-17-19-13)9-18(2)8-10-5-4-6-11(14)7-10/h4-7,15H,3,8-9H2,1-2H3. The van der Waals surface area contributed by atoms with Crippen molar-refractivity contribution in [2.75, 3.05) is 18.9 Å². The van der Waals surface area contributed by atoms with Crippen molar-refractivity contribution in [3.8, 4) is 0 Å². The van der Waals surface area contributed by atoms with Gasteiger partial charge in [-0.15, -0.1) is 5.10 Å². The summed E-state index contributed by atoms with van der Waals surface area (Å²) >= 11 is 1.37. The van der Waals surface area contributed by atoms with Crippen LogP contribution in [0.2, 0.25) is 0 Å². The monoisotopic (exact) mass is 280 g/mol. The van der Waals surface area contributed by atoms with Crippen LogP contribution in [0.1, 0.15) is 18.2 Å². The quantitative estimate of drug-likeness (QED) is 0.883. The molecule has 0 bridgehead atoms. The van der Waals surface area contributed by atoms with Crippen molar-refractivity contribution >= 4 is 16.5 Å². The largest absolute Gasteiger partial charge is 0.374 e. The number of aromatic nitrogens is 2. The van der Waals surface area contributed by atoms with Gasteiger partial charge in [0.1, 0.15) is 16.5 Å². The molecule has 4 nitrogen and oxygen atoms in total. The minimum absolute atomic E-state index is 0.199. The van der Waals surface area contributed by atoms with Gasteiger partial charge in [0.25, 0.3) is 0 Å². The minimum atomic E-state index is -0.199. The lowest BCUT2D eigenvalue weighted by Crippen LogP contribution is -2.18. The molecular formula is C13H17FN4S. The Morgan fingerprint density at radius 1 is 1.37 bits per heavy atom. The van der Waals surface area contributed by atoms with Crippen LogP contribution in [0.25, 0.3) is 0 Å². The van der Waals surface area contributed by atoms with E-state index in [0.29, 0.717) is 13.1 Å². The second-order valence-electron chi connectivity index (χ2n) is 4.38. The van der Waals surface area contributed by atoms with Crippen LogP contribution in [0.5, 0.6) is 0 Å². The summed E-state index contributed by atoms with van der Waals surface area (Å²) in [6.45, 7) is 4.26. The van der Waals surface area contributed by atoms with Crippen LogP contribution in [0.15, 0.2) is 24.3 Å². The second kappa shape index (κ2) is 6.58. The fourth-order valence-corrected chi connectivity index (χ4v) is 2.51. The summed E-state index contributed by atoms with van der Waals surface area (Å²) in [7, 11) is 1.99. The topological polar surface area (TPSA) is 41.1 Å². The summed E-state index contributed by atoms with van der Waals surface area (Å²) in [5.74, 6) is -0.199. The number of rotatable bonds is 6. The molecule has 6 heteroatoms. The average Bonchev–Trinajstić information content (AvgIpc) is 2.77. The molecule has 102 valence electrons. The maximum Gasteiger partial charge on any atom is 0.134 e. The molecule has 0 saturated heterocycles. The molecule has 0 aliphatic heterocycles. The molecular weight excluding hydrogens is 263 g/mol. The predicted molar refractivity (Wildman–Crippen MR) is 75.6 cm³/mol. The highest BCUT2D eigenvalue weighted by atomic mass is 32.1. The van der Waals surface area contributed by atoms with Crippen LogP contribution in [-0.4, -0.2) is 28.1 Å². The van der Waals surface area contributed by atoms with Gasteiger partial charge in [-0.2, -0.15) is 0 Å². The molecule has 0 unspecified atom stereocenters. The van der Waals surface area contributed by atoms with Crippen LogP contribution in [-0.2, 0) is 13.1 Å². The van der Waals surface area contributed by atoms with E-state index >= 15 is 0 Å². The van der Waals surface area contributed by atoms with Gasteiger partial charge in [-0.25, -0.2) is 4.39 Å². The van der Waals surface area contributed by atoms with E-state index in [2.05, 4.69) is 19.8 Å². The first-order chi connectivity index (χ1) is 9.19. The van der Waals surface area contributed by atoms with E-state index in [9.17, 15) is 4.39 Å². The van der Waals surface area contributed by atoms with E-state index in [4.69, 9.17) is 0 Å². The Labute approximate surface area is 116 Å². The molecule has 1 aromatic heterocycles. The molecule has 0 radical (unpaired) electrons. The van der Waals surface area contributed by atoms with Crippen LogP contribution in [0, 0.1) is 5.82 Å². The third-order valence-electron chi connectivity index (χ3n) is 2.65. The number of nitrogens with one attached hydrogen (secondary N) is 1. The van der Waals surface area contributed by atoms with Gasteiger partial charge in [0.05, 0.1) is 0 Å². The smallest absolute Gasteiger partial charge is 0.134 e. The molecule has 0 aliphatic rings. The first-order valence-electron chi connectivity index (χ1n) is 6.17. The van der Waals surface area contributed by atoms with Gasteiger partial charge in [0.15, 0.2) is 0 Å². The Hall–Kier alpha value is -1.53.